The Morgan fingerprint density at radius 1 is 1.13 bits per heavy atom. The van der Waals surface area contributed by atoms with Crippen molar-refractivity contribution >= 4 is 28.8 Å². The highest BCUT2D eigenvalue weighted by molar-refractivity contribution is 6.05. The molecule has 2 atom stereocenters. The van der Waals surface area contributed by atoms with Crippen molar-refractivity contribution in [3.63, 3.8) is 0 Å². The molecule has 1 heterocycles. The Labute approximate surface area is 174 Å². The Morgan fingerprint density at radius 2 is 1.90 bits per heavy atom. The van der Waals surface area contributed by atoms with Gasteiger partial charge in [-0.1, -0.05) is 60.7 Å². The minimum Gasteiger partial charge on any atom is -0.493 e. The molecule has 2 amide bonds. The lowest BCUT2D eigenvalue weighted by Gasteiger charge is -2.15. The lowest BCUT2D eigenvalue weighted by atomic mass is 9.88. The van der Waals surface area contributed by atoms with Gasteiger partial charge in [0.1, 0.15) is 11.7 Å². The highest BCUT2D eigenvalue weighted by Crippen LogP contribution is 2.29. The van der Waals surface area contributed by atoms with E-state index in [0.717, 1.165) is 21.9 Å². The molecule has 0 aromatic heterocycles. The average molecular weight is 401 g/mol. The number of ether oxygens (including phenoxy) is 1. The van der Waals surface area contributed by atoms with Crippen molar-refractivity contribution in [1.82, 2.24) is 10.7 Å². The first kappa shape index (κ1) is 19.6. The second kappa shape index (κ2) is 8.78. The quantitative estimate of drug-likeness (QED) is 0.378. The van der Waals surface area contributed by atoms with Crippen LogP contribution in [0.5, 0.6) is 5.75 Å². The van der Waals surface area contributed by atoms with E-state index < -0.39 is 11.8 Å². The summed E-state index contributed by atoms with van der Waals surface area (Å²) in [6.45, 7) is 2.87. The third kappa shape index (κ3) is 3.89. The Balaban J connectivity index is 1.56. The van der Waals surface area contributed by atoms with Gasteiger partial charge in [-0.05, 0) is 29.3 Å². The van der Waals surface area contributed by atoms with E-state index >= 15 is 0 Å². The van der Waals surface area contributed by atoms with Gasteiger partial charge in [-0.3, -0.25) is 9.59 Å². The van der Waals surface area contributed by atoms with Crippen LogP contribution in [0.2, 0.25) is 0 Å². The fourth-order valence-corrected chi connectivity index (χ4v) is 3.85. The molecule has 0 spiro atoms. The summed E-state index contributed by atoms with van der Waals surface area (Å²) in [7, 11) is 0. The number of carbonyl (C=O) groups is 2. The highest BCUT2D eigenvalue weighted by Gasteiger charge is 2.40. The van der Waals surface area contributed by atoms with Crippen molar-refractivity contribution in [2.75, 3.05) is 13.2 Å². The third-order valence-electron chi connectivity index (χ3n) is 5.29. The Bertz CT molecular complexity index is 1100. The van der Waals surface area contributed by atoms with E-state index in [0.29, 0.717) is 18.9 Å². The van der Waals surface area contributed by atoms with Crippen LogP contribution in [0, 0.1) is 5.92 Å². The van der Waals surface area contributed by atoms with Crippen LogP contribution in [0.25, 0.3) is 10.8 Å². The van der Waals surface area contributed by atoms with Crippen LogP contribution in [-0.4, -0.2) is 31.2 Å². The maximum atomic E-state index is 12.8. The second-order valence-corrected chi connectivity index (χ2v) is 7.11. The van der Waals surface area contributed by atoms with Crippen LogP contribution in [0.3, 0.4) is 0 Å². The molecule has 6 heteroatoms. The molecule has 2 N–H and O–H groups in total. The molecule has 0 radical (unpaired) electrons. The van der Waals surface area contributed by atoms with Crippen LogP contribution in [0.15, 0.2) is 71.8 Å². The van der Waals surface area contributed by atoms with Gasteiger partial charge in [0.25, 0.3) is 5.91 Å². The number of rotatable bonds is 6. The van der Waals surface area contributed by atoms with Crippen molar-refractivity contribution in [1.29, 1.82) is 0 Å². The Kier molecular flexibility index (Phi) is 5.75. The van der Waals surface area contributed by atoms with Crippen LogP contribution in [-0.2, 0) is 9.59 Å². The SMILES string of the molecule is CCOc1ccc2ccccc2c1/C=N/NC(=O)[C@H]1C(=O)NC[C@H]1c1ccccc1. The molecule has 4 rings (SSSR count). The summed E-state index contributed by atoms with van der Waals surface area (Å²) in [6.07, 6.45) is 1.58. The van der Waals surface area contributed by atoms with E-state index in [2.05, 4.69) is 15.8 Å². The van der Waals surface area contributed by atoms with Crippen LogP contribution in [0.1, 0.15) is 24.0 Å². The van der Waals surface area contributed by atoms with Crippen LogP contribution >= 0.6 is 0 Å². The Morgan fingerprint density at radius 3 is 2.70 bits per heavy atom. The number of benzene rings is 3. The van der Waals surface area contributed by atoms with Gasteiger partial charge in [-0.25, -0.2) is 5.43 Å². The predicted molar refractivity (Wildman–Crippen MR) is 117 cm³/mol. The normalized spacial score (nSPS) is 18.5. The molecule has 0 aliphatic carbocycles. The predicted octanol–water partition coefficient (Wildman–Crippen LogP) is 3.22. The number of hydrazone groups is 1. The van der Waals surface area contributed by atoms with E-state index in [1.165, 1.54) is 0 Å². The lowest BCUT2D eigenvalue weighted by molar-refractivity contribution is -0.133. The first-order valence-corrected chi connectivity index (χ1v) is 9.99. The van der Waals surface area contributed by atoms with Crippen molar-refractivity contribution in [3.8, 4) is 5.75 Å². The molecule has 1 aliphatic heterocycles. The summed E-state index contributed by atoms with van der Waals surface area (Å²) < 4.78 is 5.73. The molecule has 30 heavy (non-hydrogen) atoms. The van der Waals surface area contributed by atoms with Crippen molar-refractivity contribution in [2.45, 2.75) is 12.8 Å². The van der Waals surface area contributed by atoms with Gasteiger partial charge in [0, 0.05) is 18.0 Å². The monoisotopic (exact) mass is 401 g/mol. The van der Waals surface area contributed by atoms with Crippen molar-refractivity contribution < 1.29 is 14.3 Å². The van der Waals surface area contributed by atoms with Gasteiger partial charge in [0.05, 0.1) is 12.8 Å². The van der Waals surface area contributed by atoms with Crippen molar-refractivity contribution in [3.05, 3.63) is 77.9 Å². The smallest absolute Gasteiger partial charge is 0.253 e. The summed E-state index contributed by atoms with van der Waals surface area (Å²) in [5.41, 5.74) is 4.29. The average Bonchev–Trinajstić information content (AvgIpc) is 3.17. The van der Waals surface area contributed by atoms with Gasteiger partial charge in [0.15, 0.2) is 0 Å². The van der Waals surface area contributed by atoms with Gasteiger partial charge in [-0.15, -0.1) is 0 Å². The number of nitrogens with zero attached hydrogens (tertiary/aromatic N) is 1. The number of hydrogen-bond acceptors (Lipinski definition) is 4. The molecule has 1 saturated heterocycles. The molecule has 0 saturated carbocycles. The van der Waals surface area contributed by atoms with Crippen molar-refractivity contribution in [2.24, 2.45) is 11.0 Å². The summed E-state index contributed by atoms with van der Waals surface area (Å²) >= 11 is 0. The summed E-state index contributed by atoms with van der Waals surface area (Å²) in [5, 5.41) is 8.97. The molecular weight excluding hydrogens is 378 g/mol. The standard InChI is InChI=1S/C24H23N3O3/c1-2-30-21-13-12-17-10-6-7-11-18(17)20(21)15-26-27-24(29)22-19(14-25-23(22)28)16-8-4-3-5-9-16/h3-13,15,19,22H,2,14H2,1H3,(H,25,28)(H,27,29)/b26-15+/t19-,22+/m0/s1. The molecule has 0 unspecified atom stereocenters. The number of hydrogen-bond donors (Lipinski definition) is 2. The molecule has 1 fully saturated rings. The number of carbonyl (C=O) groups excluding carboxylic acids is 2. The third-order valence-corrected chi connectivity index (χ3v) is 5.29. The minimum absolute atomic E-state index is 0.217. The molecule has 0 bridgehead atoms. The minimum atomic E-state index is -0.816. The van der Waals surface area contributed by atoms with Gasteiger partial charge >= 0.3 is 0 Å². The summed E-state index contributed by atoms with van der Waals surface area (Å²) in [4.78, 5) is 25.1. The second-order valence-electron chi connectivity index (χ2n) is 7.11. The fourth-order valence-electron chi connectivity index (χ4n) is 3.85. The zero-order valence-electron chi connectivity index (χ0n) is 16.7. The van der Waals surface area contributed by atoms with E-state index in [9.17, 15) is 9.59 Å². The maximum Gasteiger partial charge on any atom is 0.253 e. The first-order valence-electron chi connectivity index (χ1n) is 9.99. The molecule has 3 aromatic carbocycles. The number of fused-ring (bicyclic) bond motifs is 1. The highest BCUT2D eigenvalue weighted by atomic mass is 16.5. The topological polar surface area (TPSA) is 79.8 Å². The van der Waals surface area contributed by atoms with Gasteiger partial charge < -0.3 is 10.1 Å². The van der Waals surface area contributed by atoms with Crippen LogP contribution < -0.4 is 15.5 Å². The number of amides is 2. The largest absolute Gasteiger partial charge is 0.493 e. The van der Waals surface area contributed by atoms with Crippen LogP contribution in [0.4, 0.5) is 0 Å². The van der Waals surface area contributed by atoms with Gasteiger partial charge in [-0.2, -0.15) is 5.10 Å². The first-order chi connectivity index (χ1) is 14.7. The summed E-state index contributed by atoms with van der Waals surface area (Å²) in [5.74, 6) is -1.05. The lowest BCUT2D eigenvalue weighted by Crippen LogP contribution is -2.34. The van der Waals surface area contributed by atoms with E-state index in [1.807, 2.05) is 73.7 Å². The Hall–Kier alpha value is -3.67. The fraction of sp³-hybridized carbons (Fsp3) is 0.208. The van der Waals surface area contributed by atoms with E-state index in [-0.39, 0.29) is 11.8 Å². The van der Waals surface area contributed by atoms with E-state index in [1.54, 1.807) is 6.21 Å². The molecule has 152 valence electrons. The number of nitrogens with one attached hydrogen (secondary N) is 2. The summed E-state index contributed by atoms with van der Waals surface area (Å²) in [6, 6.07) is 21.4. The molecule has 6 nitrogen and oxygen atoms in total. The van der Waals surface area contributed by atoms with Gasteiger partial charge in [0.2, 0.25) is 5.91 Å². The zero-order chi connectivity index (χ0) is 20.9. The van der Waals surface area contributed by atoms with E-state index in [4.69, 9.17) is 4.74 Å². The molecule has 1 aliphatic rings. The molecule has 3 aromatic rings. The maximum absolute atomic E-state index is 12.8. The zero-order valence-corrected chi connectivity index (χ0v) is 16.7. The molecular formula is C24H23N3O3.